The Morgan fingerprint density at radius 1 is 1.12 bits per heavy atom. The van der Waals surface area contributed by atoms with Crippen molar-refractivity contribution in [2.75, 3.05) is 11.9 Å². The van der Waals surface area contributed by atoms with Crippen LogP contribution in [0.4, 0.5) is 19.1 Å². The number of hydrogen-bond acceptors (Lipinski definition) is 3. The molecule has 1 amide bonds. The standard InChI is InChI=1S/C24H26ClF3N4O/c1-13-9-20-21(10-14(13)2)32-23(31-20)29-12-15-3-6-17(7-4-15)30-22(33)18-11-16(24(26,27)28)5-8-19(18)25/h5,8-11,15,17H,3-4,6-7,12H2,1-2H3,(H,30,33)(H2,29,31,32)/t15-,17-. The number of aryl methyl sites for hydroxylation is 2. The fraction of sp³-hybridized carbons (Fsp3) is 0.417. The first-order chi connectivity index (χ1) is 15.6. The number of nitrogens with zero attached hydrogens (tertiary/aromatic N) is 1. The Morgan fingerprint density at radius 3 is 2.52 bits per heavy atom. The van der Waals surface area contributed by atoms with E-state index in [4.69, 9.17) is 11.6 Å². The monoisotopic (exact) mass is 478 g/mol. The molecule has 5 nitrogen and oxygen atoms in total. The molecule has 9 heteroatoms. The van der Waals surface area contributed by atoms with Crippen LogP contribution in [0.25, 0.3) is 11.0 Å². The highest BCUT2D eigenvalue weighted by Gasteiger charge is 2.32. The molecule has 0 radical (unpaired) electrons. The van der Waals surface area contributed by atoms with E-state index >= 15 is 0 Å². The molecule has 1 aliphatic rings. The van der Waals surface area contributed by atoms with E-state index in [1.54, 1.807) is 0 Å². The van der Waals surface area contributed by atoms with Gasteiger partial charge in [-0.25, -0.2) is 4.98 Å². The topological polar surface area (TPSA) is 69.8 Å². The average Bonchev–Trinajstić information content (AvgIpc) is 3.14. The van der Waals surface area contributed by atoms with Crippen molar-refractivity contribution < 1.29 is 18.0 Å². The minimum Gasteiger partial charge on any atom is -0.356 e. The van der Waals surface area contributed by atoms with Gasteiger partial charge in [0.15, 0.2) is 0 Å². The molecule has 1 heterocycles. The van der Waals surface area contributed by atoms with Gasteiger partial charge in [0.05, 0.1) is 27.2 Å². The number of alkyl halides is 3. The van der Waals surface area contributed by atoms with Gasteiger partial charge in [-0.2, -0.15) is 13.2 Å². The number of nitrogens with one attached hydrogen (secondary N) is 3. The van der Waals surface area contributed by atoms with E-state index < -0.39 is 17.6 Å². The quantitative estimate of drug-likeness (QED) is 0.406. The number of hydrogen-bond donors (Lipinski definition) is 3. The summed E-state index contributed by atoms with van der Waals surface area (Å²) in [7, 11) is 0. The molecule has 2 aromatic carbocycles. The molecule has 0 saturated heterocycles. The van der Waals surface area contributed by atoms with E-state index in [9.17, 15) is 18.0 Å². The summed E-state index contributed by atoms with van der Waals surface area (Å²) in [6, 6.07) is 6.87. The molecule has 4 rings (SSSR count). The van der Waals surface area contributed by atoms with Crippen LogP contribution in [-0.2, 0) is 6.18 Å². The third kappa shape index (κ3) is 5.43. The molecule has 3 aromatic rings. The maximum absolute atomic E-state index is 13.0. The molecular weight excluding hydrogens is 453 g/mol. The van der Waals surface area contributed by atoms with Crippen LogP contribution in [0.2, 0.25) is 5.02 Å². The average molecular weight is 479 g/mol. The molecule has 0 spiro atoms. The first-order valence-electron chi connectivity index (χ1n) is 11.0. The fourth-order valence-electron chi connectivity index (χ4n) is 4.24. The lowest BCUT2D eigenvalue weighted by Gasteiger charge is -2.29. The van der Waals surface area contributed by atoms with Crippen molar-refractivity contribution in [1.82, 2.24) is 15.3 Å². The van der Waals surface area contributed by atoms with Gasteiger partial charge in [0, 0.05) is 12.6 Å². The number of carbonyl (C=O) groups is 1. The molecule has 1 saturated carbocycles. The molecule has 1 fully saturated rings. The summed E-state index contributed by atoms with van der Waals surface area (Å²) < 4.78 is 38.9. The molecule has 33 heavy (non-hydrogen) atoms. The van der Waals surface area contributed by atoms with E-state index in [0.717, 1.165) is 67.4 Å². The number of carbonyl (C=O) groups excluding carboxylic acids is 1. The Balaban J connectivity index is 1.29. The van der Waals surface area contributed by atoms with Crippen LogP contribution < -0.4 is 10.6 Å². The van der Waals surface area contributed by atoms with Gasteiger partial charge in [0.2, 0.25) is 5.95 Å². The zero-order chi connectivity index (χ0) is 23.8. The smallest absolute Gasteiger partial charge is 0.356 e. The van der Waals surface area contributed by atoms with E-state index in [-0.39, 0.29) is 16.6 Å². The van der Waals surface area contributed by atoms with Crippen molar-refractivity contribution in [2.45, 2.75) is 51.7 Å². The first kappa shape index (κ1) is 23.4. The lowest BCUT2D eigenvalue weighted by atomic mass is 9.86. The van der Waals surface area contributed by atoms with Crippen LogP contribution in [0.15, 0.2) is 30.3 Å². The van der Waals surface area contributed by atoms with E-state index in [2.05, 4.69) is 46.6 Å². The van der Waals surface area contributed by atoms with Gasteiger partial charge in [-0.15, -0.1) is 0 Å². The first-order valence-corrected chi connectivity index (χ1v) is 11.4. The number of fused-ring (bicyclic) bond motifs is 1. The lowest BCUT2D eigenvalue weighted by Crippen LogP contribution is -2.38. The number of rotatable bonds is 5. The number of anilines is 1. The number of imidazole rings is 1. The largest absolute Gasteiger partial charge is 0.416 e. The maximum atomic E-state index is 13.0. The van der Waals surface area contributed by atoms with Gasteiger partial charge >= 0.3 is 6.18 Å². The zero-order valence-corrected chi connectivity index (χ0v) is 19.2. The van der Waals surface area contributed by atoms with Gasteiger partial charge in [-0.1, -0.05) is 11.6 Å². The molecule has 1 aromatic heterocycles. The van der Waals surface area contributed by atoms with Gasteiger partial charge < -0.3 is 15.6 Å². The molecular formula is C24H26ClF3N4O. The van der Waals surface area contributed by atoms with Gasteiger partial charge in [-0.3, -0.25) is 4.79 Å². The lowest BCUT2D eigenvalue weighted by molar-refractivity contribution is -0.137. The highest BCUT2D eigenvalue weighted by Crippen LogP contribution is 2.32. The predicted octanol–water partition coefficient (Wildman–Crippen LogP) is 6.25. The van der Waals surface area contributed by atoms with E-state index in [1.165, 1.54) is 11.1 Å². The fourth-order valence-corrected chi connectivity index (χ4v) is 4.45. The third-order valence-electron chi connectivity index (χ3n) is 6.38. The van der Waals surface area contributed by atoms with Crippen LogP contribution in [0.1, 0.15) is 52.7 Å². The Labute approximate surface area is 195 Å². The van der Waals surface area contributed by atoms with Crippen molar-refractivity contribution >= 4 is 34.5 Å². The number of H-pyrrole nitrogens is 1. The van der Waals surface area contributed by atoms with E-state index in [0.29, 0.717) is 5.92 Å². The Kier molecular flexibility index (Phi) is 6.56. The van der Waals surface area contributed by atoms with E-state index in [1.807, 2.05) is 0 Å². The van der Waals surface area contributed by atoms with Crippen LogP contribution in [0.3, 0.4) is 0 Å². The summed E-state index contributed by atoms with van der Waals surface area (Å²) in [5, 5.41) is 6.23. The highest BCUT2D eigenvalue weighted by molar-refractivity contribution is 6.33. The van der Waals surface area contributed by atoms with Crippen molar-refractivity contribution in [3.05, 3.63) is 57.6 Å². The summed E-state index contributed by atoms with van der Waals surface area (Å²) in [4.78, 5) is 20.5. The second-order valence-electron chi connectivity index (χ2n) is 8.80. The molecule has 0 unspecified atom stereocenters. The number of aromatic amines is 1. The highest BCUT2D eigenvalue weighted by atomic mass is 35.5. The molecule has 176 valence electrons. The SMILES string of the molecule is Cc1cc2nc(NC[C@H]3CC[C@H](NC(=O)c4cc(C(F)(F)F)ccc4Cl)CC3)[nH]c2cc1C. The summed E-state index contributed by atoms with van der Waals surface area (Å²) >= 11 is 5.98. The summed E-state index contributed by atoms with van der Waals surface area (Å²) in [5.41, 5.74) is 3.31. The Hall–Kier alpha value is -2.74. The molecule has 0 bridgehead atoms. The van der Waals surface area contributed by atoms with Gasteiger partial charge in [0.25, 0.3) is 5.91 Å². The van der Waals surface area contributed by atoms with Crippen LogP contribution in [0.5, 0.6) is 0 Å². The molecule has 1 aliphatic carbocycles. The van der Waals surface area contributed by atoms with Crippen molar-refractivity contribution in [1.29, 1.82) is 0 Å². The van der Waals surface area contributed by atoms with Crippen LogP contribution in [0, 0.1) is 19.8 Å². The second kappa shape index (κ2) is 9.25. The molecule has 0 aliphatic heterocycles. The normalized spacial score (nSPS) is 19.0. The summed E-state index contributed by atoms with van der Waals surface area (Å²) in [5.74, 6) is 0.595. The van der Waals surface area contributed by atoms with Crippen molar-refractivity contribution in [3.63, 3.8) is 0 Å². The second-order valence-corrected chi connectivity index (χ2v) is 9.21. The van der Waals surface area contributed by atoms with Crippen molar-refractivity contribution in [2.24, 2.45) is 5.92 Å². The minimum atomic E-state index is -4.53. The number of amides is 1. The minimum absolute atomic E-state index is 0.00890. The predicted molar refractivity (Wildman–Crippen MR) is 124 cm³/mol. The summed E-state index contributed by atoms with van der Waals surface area (Å²) in [6.45, 7) is 4.90. The number of halogens is 4. The number of benzene rings is 2. The zero-order valence-electron chi connectivity index (χ0n) is 18.4. The van der Waals surface area contributed by atoms with Gasteiger partial charge in [-0.05, 0) is 86.9 Å². The Bertz CT molecular complexity index is 1130. The molecule has 3 N–H and O–H groups in total. The van der Waals surface area contributed by atoms with Crippen molar-refractivity contribution in [3.8, 4) is 0 Å². The maximum Gasteiger partial charge on any atom is 0.416 e. The Morgan fingerprint density at radius 2 is 1.82 bits per heavy atom. The molecule has 0 atom stereocenters. The third-order valence-corrected chi connectivity index (χ3v) is 6.71. The van der Waals surface area contributed by atoms with Crippen LogP contribution in [-0.4, -0.2) is 28.5 Å². The number of aromatic nitrogens is 2. The van der Waals surface area contributed by atoms with Gasteiger partial charge in [0.1, 0.15) is 0 Å². The summed E-state index contributed by atoms with van der Waals surface area (Å²) in [6.07, 6.45) is -1.22. The van der Waals surface area contributed by atoms with Crippen LogP contribution >= 0.6 is 11.6 Å².